The molecule has 0 aliphatic rings. The number of carbonyl (C=O) groups excluding carboxylic acids is 1. The number of methoxy groups -OCH3 is 1. The average molecular weight is 252 g/mol. The van der Waals surface area contributed by atoms with Gasteiger partial charge in [0.25, 0.3) is 5.91 Å². The number of nitriles is 1. The summed E-state index contributed by atoms with van der Waals surface area (Å²) in [4.78, 5) is 11.4. The van der Waals surface area contributed by atoms with Crippen molar-refractivity contribution in [3.63, 3.8) is 0 Å². The summed E-state index contributed by atoms with van der Waals surface area (Å²) in [5.41, 5.74) is 1.40. The Morgan fingerprint density at radius 2 is 2.24 bits per heavy atom. The van der Waals surface area contributed by atoms with Crippen molar-refractivity contribution in [3.05, 3.63) is 16.5 Å². The molecule has 1 amide bonds. The van der Waals surface area contributed by atoms with Crippen molar-refractivity contribution < 1.29 is 9.53 Å². The highest BCUT2D eigenvalue weighted by molar-refractivity contribution is 7.14. The van der Waals surface area contributed by atoms with Gasteiger partial charge in [-0.25, -0.2) is 0 Å². The summed E-state index contributed by atoms with van der Waals surface area (Å²) < 4.78 is 4.73. The van der Waals surface area contributed by atoms with Gasteiger partial charge in [0.1, 0.15) is 17.7 Å². The smallest absolute Gasteiger partial charge is 0.250 e. The van der Waals surface area contributed by atoms with Crippen molar-refractivity contribution >= 4 is 22.2 Å². The first-order chi connectivity index (χ1) is 7.90. The summed E-state index contributed by atoms with van der Waals surface area (Å²) in [7, 11) is 1.46. The normalized spacial score (nSPS) is 11.0. The molecular formula is C12H16N2O2S. The zero-order chi connectivity index (χ0) is 13.1. The molecule has 17 heavy (non-hydrogen) atoms. The highest BCUT2D eigenvalue weighted by atomic mass is 32.1. The van der Waals surface area contributed by atoms with Gasteiger partial charge < -0.3 is 10.1 Å². The van der Waals surface area contributed by atoms with Crippen LogP contribution < -0.4 is 5.32 Å². The number of nitrogens with zero attached hydrogens (tertiary/aromatic N) is 1. The molecule has 0 aromatic carbocycles. The SMILES string of the molecule is COCC(=O)Nc1scc(C(C)(C)C)c1C#N. The lowest BCUT2D eigenvalue weighted by Gasteiger charge is -2.17. The number of anilines is 1. The van der Waals surface area contributed by atoms with Gasteiger partial charge in [0.05, 0.1) is 5.56 Å². The third kappa shape index (κ3) is 3.29. The first kappa shape index (κ1) is 13.7. The molecule has 0 saturated heterocycles. The number of rotatable bonds is 3. The number of amides is 1. The van der Waals surface area contributed by atoms with E-state index < -0.39 is 0 Å². The lowest BCUT2D eigenvalue weighted by molar-refractivity contribution is -0.119. The molecule has 1 rings (SSSR count). The van der Waals surface area contributed by atoms with E-state index in [9.17, 15) is 4.79 Å². The second-order valence-electron chi connectivity index (χ2n) is 4.70. The Balaban J connectivity index is 3.00. The zero-order valence-corrected chi connectivity index (χ0v) is 11.3. The van der Waals surface area contributed by atoms with Crippen LogP contribution in [-0.2, 0) is 14.9 Å². The molecule has 1 N–H and O–H groups in total. The van der Waals surface area contributed by atoms with Crippen LogP contribution >= 0.6 is 11.3 Å². The van der Waals surface area contributed by atoms with Crippen LogP contribution in [0.25, 0.3) is 0 Å². The number of hydrogen-bond acceptors (Lipinski definition) is 4. The molecule has 0 unspecified atom stereocenters. The quantitative estimate of drug-likeness (QED) is 0.899. The summed E-state index contributed by atoms with van der Waals surface area (Å²) >= 11 is 1.37. The molecule has 0 fully saturated rings. The van der Waals surface area contributed by atoms with Crippen LogP contribution in [0.1, 0.15) is 31.9 Å². The molecular weight excluding hydrogens is 236 g/mol. The Kier molecular flexibility index (Phi) is 4.27. The highest BCUT2D eigenvalue weighted by Crippen LogP contribution is 2.35. The highest BCUT2D eigenvalue weighted by Gasteiger charge is 2.23. The van der Waals surface area contributed by atoms with Crippen molar-refractivity contribution in [1.29, 1.82) is 5.26 Å². The van der Waals surface area contributed by atoms with Crippen molar-refractivity contribution in [2.24, 2.45) is 0 Å². The first-order valence-electron chi connectivity index (χ1n) is 5.21. The fourth-order valence-electron chi connectivity index (χ4n) is 1.41. The number of ether oxygens (including phenoxy) is 1. The number of carbonyl (C=O) groups is 1. The number of hydrogen-bond donors (Lipinski definition) is 1. The van der Waals surface area contributed by atoms with Gasteiger partial charge in [0, 0.05) is 7.11 Å². The van der Waals surface area contributed by atoms with E-state index in [0.717, 1.165) is 5.56 Å². The monoisotopic (exact) mass is 252 g/mol. The van der Waals surface area contributed by atoms with Gasteiger partial charge >= 0.3 is 0 Å². The Morgan fingerprint density at radius 3 is 2.71 bits per heavy atom. The fourth-order valence-corrected chi connectivity index (χ4v) is 2.56. The Hall–Kier alpha value is -1.38. The predicted molar refractivity (Wildman–Crippen MR) is 68.2 cm³/mol. The zero-order valence-electron chi connectivity index (χ0n) is 10.5. The van der Waals surface area contributed by atoms with E-state index in [-0.39, 0.29) is 17.9 Å². The van der Waals surface area contributed by atoms with Crippen LogP contribution in [0.4, 0.5) is 5.00 Å². The molecule has 92 valence electrons. The Labute approximate surface area is 105 Å². The van der Waals surface area contributed by atoms with E-state index in [1.54, 1.807) is 0 Å². The molecule has 0 spiro atoms. The van der Waals surface area contributed by atoms with Crippen LogP contribution in [0.2, 0.25) is 0 Å². The molecule has 0 bridgehead atoms. The lowest BCUT2D eigenvalue weighted by Crippen LogP contribution is -2.17. The minimum Gasteiger partial charge on any atom is -0.375 e. The van der Waals surface area contributed by atoms with E-state index in [1.807, 2.05) is 26.2 Å². The van der Waals surface area contributed by atoms with Gasteiger partial charge in [-0.1, -0.05) is 20.8 Å². The largest absolute Gasteiger partial charge is 0.375 e. The number of nitrogens with one attached hydrogen (secondary N) is 1. The summed E-state index contributed by atoms with van der Waals surface area (Å²) in [6, 6.07) is 2.15. The second-order valence-corrected chi connectivity index (χ2v) is 5.58. The standard InChI is InChI=1S/C12H16N2O2S/c1-12(2,3)9-7-17-11(8(9)5-13)14-10(15)6-16-4/h7H,6H2,1-4H3,(H,14,15). The fraction of sp³-hybridized carbons (Fsp3) is 0.500. The maximum absolute atomic E-state index is 11.4. The third-order valence-electron chi connectivity index (χ3n) is 2.24. The Bertz CT molecular complexity index is 452. The summed E-state index contributed by atoms with van der Waals surface area (Å²) in [5.74, 6) is -0.244. The van der Waals surface area contributed by atoms with Crippen molar-refractivity contribution in [2.45, 2.75) is 26.2 Å². The summed E-state index contributed by atoms with van der Waals surface area (Å²) in [6.07, 6.45) is 0. The molecule has 1 aromatic heterocycles. The van der Waals surface area contributed by atoms with E-state index >= 15 is 0 Å². The summed E-state index contributed by atoms with van der Waals surface area (Å²) in [6.45, 7) is 6.11. The van der Waals surface area contributed by atoms with Gasteiger partial charge in [-0.05, 0) is 16.4 Å². The van der Waals surface area contributed by atoms with E-state index in [2.05, 4.69) is 11.4 Å². The van der Waals surface area contributed by atoms with Crippen molar-refractivity contribution in [2.75, 3.05) is 19.0 Å². The lowest BCUT2D eigenvalue weighted by atomic mass is 9.86. The first-order valence-corrected chi connectivity index (χ1v) is 6.09. The van der Waals surface area contributed by atoms with E-state index in [0.29, 0.717) is 10.6 Å². The molecule has 4 nitrogen and oxygen atoms in total. The molecule has 1 aromatic rings. The van der Waals surface area contributed by atoms with Crippen LogP contribution in [0.5, 0.6) is 0 Å². The van der Waals surface area contributed by atoms with Gasteiger partial charge in [-0.2, -0.15) is 5.26 Å². The maximum atomic E-state index is 11.4. The van der Waals surface area contributed by atoms with Crippen LogP contribution in [0.15, 0.2) is 5.38 Å². The minimum absolute atomic E-state index is 0.00633. The van der Waals surface area contributed by atoms with Gasteiger partial charge in [-0.15, -0.1) is 11.3 Å². The van der Waals surface area contributed by atoms with Crippen LogP contribution in [0.3, 0.4) is 0 Å². The van der Waals surface area contributed by atoms with E-state index in [4.69, 9.17) is 10.00 Å². The van der Waals surface area contributed by atoms with Gasteiger partial charge in [0.2, 0.25) is 0 Å². The summed E-state index contributed by atoms with van der Waals surface area (Å²) in [5, 5.41) is 14.4. The maximum Gasteiger partial charge on any atom is 0.250 e. The number of thiophene rings is 1. The van der Waals surface area contributed by atoms with Crippen LogP contribution in [0, 0.1) is 11.3 Å². The predicted octanol–water partition coefficient (Wildman–Crippen LogP) is 2.50. The Morgan fingerprint density at radius 1 is 1.59 bits per heavy atom. The molecule has 0 saturated carbocycles. The second kappa shape index (κ2) is 5.30. The topological polar surface area (TPSA) is 62.1 Å². The van der Waals surface area contributed by atoms with Gasteiger partial charge in [0.15, 0.2) is 0 Å². The molecule has 0 aliphatic heterocycles. The minimum atomic E-state index is -0.244. The van der Waals surface area contributed by atoms with Crippen molar-refractivity contribution in [1.82, 2.24) is 0 Å². The third-order valence-corrected chi connectivity index (χ3v) is 3.13. The molecule has 0 aliphatic carbocycles. The van der Waals surface area contributed by atoms with Crippen molar-refractivity contribution in [3.8, 4) is 6.07 Å². The molecule has 5 heteroatoms. The average Bonchev–Trinajstić information content (AvgIpc) is 2.60. The van der Waals surface area contributed by atoms with Crippen LogP contribution in [-0.4, -0.2) is 19.6 Å². The molecule has 0 radical (unpaired) electrons. The van der Waals surface area contributed by atoms with Gasteiger partial charge in [-0.3, -0.25) is 4.79 Å². The molecule has 1 heterocycles. The van der Waals surface area contributed by atoms with E-state index in [1.165, 1.54) is 18.4 Å². The molecule has 0 atom stereocenters.